The SMILES string of the molecule is CN(C)c1ccc(N(C)c2ncnc3c2CN(c2ccc(Cl)cc2C#N)CC3)cn1. The van der Waals surface area contributed by atoms with Crippen LogP contribution in [-0.2, 0) is 13.0 Å². The van der Waals surface area contributed by atoms with Gasteiger partial charge in [0.1, 0.15) is 24.0 Å². The highest BCUT2D eigenvalue weighted by atomic mass is 35.5. The molecule has 0 saturated carbocycles. The lowest BCUT2D eigenvalue weighted by molar-refractivity contribution is 0.703. The molecule has 8 heteroatoms. The monoisotopic (exact) mass is 419 g/mol. The highest BCUT2D eigenvalue weighted by molar-refractivity contribution is 6.30. The molecule has 0 fully saturated rings. The van der Waals surface area contributed by atoms with Crippen molar-refractivity contribution in [3.8, 4) is 6.07 Å². The normalized spacial score (nSPS) is 12.8. The van der Waals surface area contributed by atoms with Gasteiger partial charge >= 0.3 is 0 Å². The summed E-state index contributed by atoms with van der Waals surface area (Å²) in [6, 6.07) is 11.7. The van der Waals surface area contributed by atoms with Crippen molar-refractivity contribution in [2.45, 2.75) is 13.0 Å². The minimum Gasteiger partial charge on any atom is -0.366 e. The smallest absolute Gasteiger partial charge is 0.141 e. The Bertz CT molecular complexity index is 1110. The van der Waals surface area contributed by atoms with Crippen LogP contribution in [0, 0.1) is 11.3 Å². The molecule has 2 aromatic heterocycles. The van der Waals surface area contributed by atoms with E-state index < -0.39 is 0 Å². The summed E-state index contributed by atoms with van der Waals surface area (Å²) in [5, 5.41) is 10.1. The molecule has 0 spiro atoms. The Kier molecular flexibility index (Phi) is 5.42. The Balaban J connectivity index is 1.67. The first-order valence-corrected chi connectivity index (χ1v) is 10.00. The number of pyridine rings is 1. The fraction of sp³-hybridized carbons (Fsp3) is 0.273. The molecule has 0 bridgehead atoms. The molecule has 1 aliphatic rings. The number of nitrogens with zero attached hydrogens (tertiary/aromatic N) is 7. The van der Waals surface area contributed by atoms with Crippen LogP contribution in [0.3, 0.4) is 0 Å². The number of nitriles is 1. The minimum atomic E-state index is 0.560. The summed E-state index contributed by atoms with van der Waals surface area (Å²) in [6.45, 7) is 1.40. The van der Waals surface area contributed by atoms with Crippen LogP contribution < -0.4 is 14.7 Å². The zero-order chi connectivity index (χ0) is 21.3. The van der Waals surface area contributed by atoms with Gasteiger partial charge in [0.15, 0.2) is 0 Å². The number of hydrogen-bond acceptors (Lipinski definition) is 7. The van der Waals surface area contributed by atoms with Crippen LogP contribution in [0.15, 0.2) is 42.9 Å². The summed E-state index contributed by atoms with van der Waals surface area (Å²) in [5.41, 5.74) is 4.49. The first-order chi connectivity index (χ1) is 14.5. The van der Waals surface area contributed by atoms with Crippen molar-refractivity contribution in [3.05, 3.63) is 64.7 Å². The van der Waals surface area contributed by atoms with E-state index in [1.54, 1.807) is 12.4 Å². The van der Waals surface area contributed by atoms with E-state index in [1.165, 1.54) is 0 Å². The van der Waals surface area contributed by atoms with Gasteiger partial charge in [-0.1, -0.05) is 11.6 Å². The van der Waals surface area contributed by atoms with Gasteiger partial charge in [-0.2, -0.15) is 5.26 Å². The third-order valence-electron chi connectivity index (χ3n) is 5.29. The highest BCUT2D eigenvalue weighted by Gasteiger charge is 2.25. The Hall–Kier alpha value is -3.37. The van der Waals surface area contributed by atoms with E-state index in [0.29, 0.717) is 17.1 Å². The van der Waals surface area contributed by atoms with Crippen molar-refractivity contribution in [2.24, 2.45) is 0 Å². The Morgan fingerprint density at radius 2 is 1.93 bits per heavy atom. The molecule has 152 valence electrons. The molecule has 0 N–H and O–H groups in total. The predicted molar refractivity (Wildman–Crippen MR) is 120 cm³/mol. The van der Waals surface area contributed by atoms with Crippen molar-refractivity contribution < 1.29 is 0 Å². The Labute approximate surface area is 181 Å². The predicted octanol–water partition coefficient (Wildman–Crippen LogP) is 3.79. The molecule has 0 amide bonds. The number of hydrogen-bond donors (Lipinski definition) is 0. The lowest BCUT2D eigenvalue weighted by Gasteiger charge is -2.33. The molecule has 1 aromatic carbocycles. The van der Waals surface area contributed by atoms with Gasteiger partial charge in [0, 0.05) is 51.2 Å². The minimum absolute atomic E-state index is 0.560. The molecule has 3 heterocycles. The molecule has 3 aromatic rings. The van der Waals surface area contributed by atoms with E-state index in [4.69, 9.17) is 11.6 Å². The van der Waals surface area contributed by atoms with Gasteiger partial charge in [-0.25, -0.2) is 15.0 Å². The van der Waals surface area contributed by atoms with Crippen LogP contribution in [0.1, 0.15) is 16.8 Å². The van der Waals surface area contributed by atoms with Crippen LogP contribution in [0.5, 0.6) is 0 Å². The van der Waals surface area contributed by atoms with Gasteiger partial charge in [-0.3, -0.25) is 0 Å². The van der Waals surface area contributed by atoms with Crippen molar-refractivity contribution in [1.82, 2.24) is 15.0 Å². The van der Waals surface area contributed by atoms with Crippen molar-refractivity contribution in [3.63, 3.8) is 0 Å². The van der Waals surface area contributed by atoms with E-state index in [2.05, 4.69) is 25.9 Å². The van der Waals surface area contributed by atoms with E-state index >= 15 is 0 Å². The molecule has 4 rings (SSSR count). The zero-order valence-electron chi connectivity index (χ0n) is 17.2. The maximum atomic E-state index is 9.54. The van der Waals surface area contributed by atoms with Gasteiger partial charge < -0.3 is 14.7 Å². The van der Waals surface area contributed by atoms with Crippen molar-refractivity contribution in [2.75, 3.05) is 42.4 Å². The summed E-state index contributed by atoms with van der Waals surface area (Å²) in [5.74, 6) is 1.74. The lowest BCUT2D eigenvalue weighted by atomic mass is 10.0. The lowest BCUT2D eigenvalue weighted by Crippen LogP contribution is -2.33. The fourth-order valence-corrected chi connectivity index (χ4v) is 3.83. The average Bonchev–Trinajstić information content (AvgIpc) is 2.77. The highest BCUT2D eigenvalue weighted by Crippen LogP contribution is 2.33. The zero-order valence-corrected chi connectivity index (χ0v) is 17.9. The molecule has 0 unspecified atom stereocenters. The molecule has 0 saturated heterocycles. The van der Waals surface area contributed by atoms with E-state index in [0.717, 1.165) is 47.2 Å². The van der Waals surface area contributed by atoms with Gasteiger partial charge in [-0.05, 0) is 30.3 Å². The summed E-state index contributed by atoms with van der Waals surface area (Å²) in [6.07, 6.45) is 4.24. The van der Waals surface area contributed by atoms with Crippen molar-refractivity contribution in [1.29, 1.82) is 5.26 Å². The quantitative estimate of drug-likeness (QED) is 0.636. The van der Waals surface area contributed by atoms with Crippen LogP contribution in [0.25, 0.3) is 0 Å². The largest absolute Gasteiger partial charge is 0.366 e. The average molecular weight is 420 g/mol. The van der Waals surface area contributed by atoms with E-state index in [-0.39, 0.29) is 0 Å². The number of aromatic nitrogens is 3. The second kappa shape index (κ2) is 8.17. The third kappa shape index (κ3) is 3.74. The topological polar surface area (TPSA) is 72.2 Å². The van der Waals surface area contributed by atoms with Gasteiger partial charge in [0.25, 0.3) is 0 Å². The maximum Gasteiger partial charge on any atom is 0.141 e. The molecule has 1 aliphatic heterocycles. The Morgan fingerprint density at radius 1 is 1.10 bits per heavy atom. The number of rotatable bonds is 4. The first-order valence-electron chi connectivity index (χ1n) is 9.62. The number of halogens is 1. The molecule has 0 radical (unpaired) electrons. The van der Waals surface area contributed by atoms with Crippen LogP contribution >= 0.6 is 11.6 Å². The van der Waals surface area contributed by atoms with Gasteiger partial charge in [0.2, 0.25) is 0 Å². The van der Waals surface area contributed by atoms with E-state index in [1.807, 2.05) is 61.4 Å². The standard InChI is InChI=1S/C22H22ClN7/c1-28(2)21-7-5-17(12-25-21)29(3)22-18-13-30(9-8-19(18)26-14-27-22)20-6-4-16(23)10-15(20)11-24/h4-7,10,12,14H,8-9,13H2,1-3H3. The molecular weight excluding hydrogens is 398 g/mol. The van der Waals surface area contributed by atoms with Crippen LogP contribution in [0.2, 0.25) is 5.02 Å². The maximum absolute atomic E-state index is 9.54. The van der Waals surface area contributed by atoms with E-state index in [9.17, 15) is 5.26 Å². The first kappa shape index (κ1) is 19.9. The molecule has 7 nitrogen and oxygen atoms in total. The second-order valence-electron chi connectivity index (χ2n) is 7.40. The third-order valence-corrected chi connectivity index (χ3v) is 5.53. The summed E-state index contributed by atoms with van der Waals surface area (Å²) in [7, 11) is 5.91. The van der Waals surface area contributed by atoms with Gasteiger partial charge in [0.05, 0.1) is 28.8 Å². The van der Waals surface area contributed by atoms with Gasteiger partial charge in [-0.15, -0.1) is 0 Å². The molecular formula is C22H22ClN7. The molecule has 0 aliphatic carbocycles. The number of anilines is 4. The Morgan fingerprint density at radius 3 is 2.63 bits per heavy atom. The van der Waals surface area contributed by atoms with Crippen LogP contribution in [-0.4, -0.2) is 42.6 Å². The van der Waals surface area contributed by atoms with Crippen LogP contribution in [0.4, 0.5) is 23.0 Å². The molecule has 0 atom stereocenters. The summed E-state index contributed by atoms with van der Waals surface area (Å²) in [4.78, 5) is 19.8. The number of fused-ring (bicyclic) bond motifs is 1. The van der Waals surface area contributed by atoms with Crippen molar-refractivity contribution >= 4 is 34.6 Å². The fourth-order valence-electron chi connectivity index (χ4n) is 3.66. The second-order valence-corrected chi connectivity index (χ2v) is 7.83. The molecule has 30 heavy (non-hydrogen) atoms. The number of benzene rings is 1. The summed E-state index contributed by atoms with van der Waals surface area (Å²) >= 11 is 6.08. The summed E-state index contributed by atoms with van der Waals surface area (Å²) < 4.78 is 0.